The Morgan fingerprint density at radius 3 is 2.29 bits per heavy atom. The Morgan fingerprint density at radius 2 is 1.76 bits per heavy atom. The minimum Gasteiger partial charge on any atom is -0.294 e. The number of thiophene rings is 1. The smallest absolute Gasteiger partial charge is 0.294 e. The van der Waals surface area contributed by atoms with Gasteiger partial charge in [0.15, 0.2) is 5.78 Å². The van der Waals surface area contributed by atoms with E-state index in [2.05, 4.69) is 0 Å². The van der Waals surface area contributed by atoms with Crippen molar-refractivity contribution in [2.75, 3.05) is 0 Å². The Labute approximate surface area is 101 Å². The molecule has 2 heterocycles. The predicted molar refractivity (Wildman–Crippen MR) is 67.0 cm³/mol. The van der Waals surface area contributed by atoms with E-state index in [-0.39, 0.29) is 17.0 Å². The monoisotopic (exact) mass is 252 g/mol. The lowest BCUT2D eigenvalue weighted by molar-refractivity contribution is 0.102. The lowest BCUT2D eigenvalue weighted by Gasteiger charge is -2.02. The third-order valence-corrected chi connectivity index (χ3v) is 4.31. The first-order valence-corrected chi connectivity index (χ1v) is 5.88. The third-order valence-electron chi connectivity index (χ3n) is 2.84. The fourth-order valence-corrected chi connectivity index (χ4v) is 3.04. The van der Waals surface area contributed by atoms with E-state index in [1.54, 1.807) is 14.0 Å². The number of ketones is 1. The molecule has 0 atom stereocenters. The average molecular weight is 252 g/mol. The molecule has 0 spiro atoms. The molecule has 0 saturated heterocycles. The highest BCUT2D eigenvalue weighted by Crippen LogP contribution is 2.27. The van der Waals surface area contributed by atoms with E-state index in [1.165, 1.54) is 29.9 Å². The summed E-state index contributed by atoms with van der Waals surface area (Å²) in [5.74, 6) is -0.0850. The van der Waals surface area contributed by atoms with Gasteiger partial charge < -0.3 is 0 Å². The van der Waals surface area contributed by atoms with Gasteiger partial charge in [0, 0.05) is 14.1 Å². The number of hydrogen-bond acceptors (Lipinski definition) is 4. The number of hydrogen-bond donors (Lipinski definition) is 0. The summed E-state index contributed by atoms with van der Waals surface area (Å²) in [4.78, 5) is 36.3. The number of carbonyl (C=O) groups is 1. The molecular formula is C11H12N2O3S. The van der Waals surface area contributed by atoms with Crippen LogP contribution in [0, 0.1) is 6.92 Å². The Bertz CT molecular complexity index is 749. The molecule has 0 aliphatic heterocycles. The van der Waals surface area contributed by atoms with Crippen molar-refractivity contribution in [2.45, 2.75) is 13.8 Å². The lowest BCUT2D eigenvalue weighted by atomic mass is 10.2. The predicted octanol–water partition coefficient (Wildman–Crippen LogP) is 0.810. The molecule has 2 aromatic heterocycles. The maximum absolute atomic E-state index is 12.0. The zero-order chi connectivity index (χ0) is 12.9. The number of aromatic nitrogens is 2. The average Bonchev–Trinajstić information content (AvgIpc) is 2.62. The molecule has 0 unspecified atom stereocenters. The zero-order valence-electron chi connectivity index (χ0n) is 10.0. The summed E-state index contributed by atoms with van der Waals surface area (Å²) < 4.78 is 2.47. The molecule has 0 radical (unpaired) electrons. The van der Waals surface area contributed by atoms with Crippen molar-refractivity contribution in [2.24, 2.45) is 14.1 Å². The van der Waals surface area contributed by atoms with Crippen molar-refractivity contribution in [3.63, 3.8) is 0 Å². The molecule has 90 valence electrons. The summed E-state index contributed by atoms with van der Waals surface area (Å²) in [6, 6.07) is 0. The van der Waals surface area contributed by atoms with Crippen molar-refractivity contribution < 1.29 is 4.79 Å². The molecule has 0 bridgehead atoms. The van der Waals surface area contributed by atoms with Crippen LogP contribution >= 0.6 is 11.3 Å². The number of fused-ring (bicyclic) bond motifs is 1. The second kappa shape index (κ2) is 3.66. The highest BCUT2D eigenvalue weighted by Gasteiger charge is 2.18. The molecule has 0 aromatic carbocycles. The van der Waals surface area contributed by atoms with Gasteiger partial charge >= 0.3 is 5.69 Å². The van der Waals surface area contributed by atoms with Crippen LogP contribution in [0.4, 0.5) is 0 Å². The first-order chi connectivity index (χ1) is 7.86. The zero-order valence-corrected chi connectivity index (χ0v) is 10.8. The molecule has 5 nitrogen and oxygen atoms in total. The van der Waals surface area contributed by atoms with Crippen molar-refractivity contribution in [3.05, 3.63) is 31.3 Å². The fourth-order valence-electron chi connectivity index (χ4n) is 1.89. The third kappa shape index (κ3) is 1.48. The summed E-state index contributed by atoms with van der Waals surface area (Å²) >= 11 is 1.20. The summed E-state index contributed by atoms with van der Waals surface area (Å²) in [6.45, 7) is 3.20. The van der Waals surface area contributed by atoms with Crippen LogP contribution in [0.25, 0.3) is 10.2 Å². The van der Waals surface area contributed by atoms with E-state index < -0.39 is 0 Å². The standard InChI is InChI=1S/C11H12N2O3S/c1-5-7-9(15)12(3)11(16)13(4)10(7)17-8(5)6(2)14/h1-4H3. The van der Waals surface area contributed by atoms with Crippen LogP contribution in [0.1, 0.15) is 22.2 Å². The quantitative estimate of drug-likeness (QED) is 0.706. The SMILES string of the molecule is CC(=O)c1sc2c(c1C)c(=O)n(C)c(=O)n2C. The van der Waals surface area contributed by atoms with Gasteiger partial charge in [-0.3, -0.25) is 18.7 Å². The van der Waals surface area contributed by atoms with Crippen LogP contribution < -0.4 is 11.2 Å². The van der Waals surface area contributed by atoms with Crippen LogP contribution in [0.5, 0.6) is 0 Å². The van der Waals surface area contributed by atoms with Crippen LogP contribution in [-0.4, -0.2) is 14.9 Å². The second-order valence-corrected chi connectivity index (χ2v) is 5.00. The Morgan fingerprint density at radius 1 is 1.18 bits per heavy atom. The van der Waals surface area contributed by atoms with E-state index >= 15 is 0 Å². The van der Waals surface area contributed by atoms with E-state index in [0.29, 0.717) is 20.7 Å². The number of Topliss-reactive ketones (excluding diaryl/α,β-unsaturated/α-hetero) is 1. The summed E-state index contributed by atoms with van der Waals surface area (Å²) in [6.07, 6.45) is 0. The molecule has 2 aromatic rings. The first-order valence-electron chi connectivity index (χ1n) is 5.06. The summed E-state index contributed by atoms with van der Waals surface area (Å²) in [5.41, 5.74) is -0.0584. The number of aryl methyl sites for hydroxylation is 2. The van der Waals surface area contributed by atoms with Gasteiger partial charge in [0.1, 0.15) is 4.83 Å². The highest BCUT2D eigenvalue weighted by molar-refractivity contribution is 7.20. The van der Waals surface area contributed by atoms with Crippen molar-refractivity contribution in [1.29, 1.82) is 0 Å². The number of rotatable bonds is 1. The van der Waals surface area contributed by atoms with Gasteiger partial charge in [0.05, 0.1) is 10.3 Å². The minimum atomic E-state index is -0.376. The normalized spacial score (nSPS) is 11.1. The van der Waals surface area contributed by atoms with E-state index in [0.717, 1.165) is 4.57 Å². The molecule has 6 heteroatoms. The molecule has 0 aliphatic carbocycles. The molecule has 0 fully saturated rings. The molecule has 2 rings (SSSR count). The summed E-state index contributed by atoms with van der Waals surface area (Å²) in [5, 5.41) is 0.463. The molecule has 0 amide bonds. The number of nitrogens with zero attached hydrogens (tertiary/aromatic N) is 2. The van der Waals surface area contributed by atoms with Crippen molar-refractivity contribution >= 4 is 27.3 Å². The fraction of sp³-hybridized carbons (Fsp3) is 0.364. The van der Waals surface area contributed by atoms with Gasteiger partial charge in [-0.1, -0.05) is 0 Å². The van der Waals surface area contributed by atoms with E-state index in [9.17, 15) is 14.4 Å². The second-order valence-electron chi connectivity index (χ2n) is 4.00. The first kappa shape index (κ1) is 11.8. The van der Waals surface area contributed by atoms with Crippen molar-refractivity contribution in [1.82, 2.24) is 9.13 Å². The van der Waals surface area contributed by atoms with E-state index in [4.69, 9.17) is 0 Å². The minimum absolute atomic E-state index is 0.0850. The molecule has 17 heavy (non-hydrogen) atoms. The van der Waals surface area contributed by atoms with Crippen LogP contribution in [0.2, 0.25) is 0 Å². The van der Waals surface area contributed by atoms with Gasteiger partial charge in [0.2, 0.25) is 0 Å². The Balaban J connectivity index is 3.14. The number of carbonyl (C=O) groups excluding carboxylic acids is 1. The van der Waals surface area contributed by atoms with Crippen LogP contribution in [0.3, 0.4) is 0 Å². The van der Waals surface area contributed by atoms with Gasteiger partial charge in [-0.15, -0.1) is 11.3 Å². The maximum Gasteiger partial charge on any atom is 0.331 e. The van der Waals surface area contributed by atoms with Gasteiger partial charge in [-0.25, -0.2) is 4.79 Å². The van der Waals surface area contributed by atoms with Gasteiger partial charge in [-0.2, -0.15) is 0 Å². The maximum atomic E-state index is 12.0. The largest absolute Gasteiger partial charge is 0.331 e. The molecule has 0 aliphatic rings. The van der Waals surface area contributed by atoms with Crippen LogP contribution in [0.15, 0.2) is 9.59 Å². The summed E-state index contributed by atoms with van der Waals surface area (Å²) in [7, 11) is 3.04. The topological polar surface area (TPSA) is 61.1 Å². The van der Waals surface area contributed by atoms with Crippen LogP contribution in [-0.2, 0) is 14.1 Å². The van der Waals surface area contributed by atoms with Gasteiger partial charge in [-0.05, 0) is 19.4 Å². The Hall–Kier alpha value is -1.69. The lowest BCUT2D eigenvalue weighted by Crippen LogP contribution is -2.36. The van der Waals surface area contributed by atoms with Gasteiger partial charge in [0.25, 0.3) is 5.56 Å². The highest BCUT2D eigenvalue weighted by atomic mass is 32.1. The van der Waals surface area contributed by atoms with Crippen molar-refractivity contribution in [3.8, 4) is 0 Å². The molecule has 0 N–H and O–H groups in total. The van der Waals surface area contributed by atoms with E-state index in [1.807, 2.05) is 0 Å². The Kier molecular flexibility index (Phi) is 2.54. The molecule has 0 saturated carbocycles. The molecular weight excluding hydrogens is 240 g/mol.